The van der Waals surface area contributed by atoms with Crippen molar-refractivity contribution in [3.8, 4) is 0 Å². The van der Waals surface area contributed by atoms with Gasteiger partial charge in [0.15, 0.2) is 5.69 Å². The Morgan fingerprint density at radius 2 is 2.22 bits per heavy atom. The zero-order valence-electron chi connectivity index (χ0n) is 10.7. The second-order valence-electron chi connectivity index (χ2n) is 4.15. The second kappa shape index (κ2) is 6.56. The van der Waals surface area contributed by atoms with Gasteiger partial charge in [0.25, 0.3) is 0 Å². The van der Waals surface area contributed by atoms with E-state index in [2.05, 4.69) is 4.98 Å². The minimum absolute atomic E-state index is 0.134. The normalized spacial score (nSPS) is 10.7. The molecule has 0 amide bonds. The summed E-state index contributed by atoms with van der Waals surface area (Å²) in [6.45, 7) is 5.11. The summed E-state index contributed by atoms with van der Waals surface area (Å²) < 4.78 is 5.42. The molecule has 0 bridgehead atoms. The van der Waals surface area contributed by atoms with Crippen molar-refractivity contribution in [1.82, 2.24) is 4.98 Å². The van der Waals surface area contributed by atoms with Crippen LogP contribution in [-0.4, -0.2) is 42.4 Å². The first-order valence-corrected chi connectivity index (χ1v) is 6.02. The number of halogens is 1. The number of rotatable bonds is 6. The Bertz CT molecular complexity index is 424. The van der Waals surface area contributed by atoms with Crippen molar-refractivity contribution >= 4 is 23.4 Å². The van der Waals surface area contributed by atoms with Crippen LogP contribution in [0.4, 0.5) is 5.82 Å². The Labute approximate surface area is 111 Å². The largest absolute Gasteiger partial charge is 0.476 e. The van der Waals surface area contributed by atoms with E-state index in [0.717, 1.165) is 0 Å². The lowest BCUT2D eigenvalue weighted by atomic mass is 10.3. The maximum atomic E-state index is 10.9. The van der Waals surface area contributed by atoms with Crippen LogP contribution in [0.25, 0.3) is 0 Å². The van der Waals surface area contributed by atoms with E-state index < -0.39 is 5.97 Å². The summed E-state index contributed by atoms with van der Waals surface area (Å²) in [6, 6.07) is 3.22. The van der Waals surface area contributed by atoms with Crippen molar-refractivity contribution < 1.29 is 14.6 Å². The number of pyridine rings is 1. The maximum Gasteiger partial charge on any atom is 0.356 e. The minimum Gasteiger partial charge on any atom is -0.476 e. The van der Waals surface area contributed by atoms with E-state index in [9.17, 15) is 4.79 Å². The third-order valence-corrected chi connectivity index (χ3v) is 2.61. The van der Waals surface area contributed by atoms with Gasteiger partial charge in [-0.2, -0.15) is 0 Å². The molecule has 100 valence electrons. The average Bonchev–Trinajstić information content (AvgIpc) is 2.28. The number of aromatic carboxylic acids is 1. The highest BCUT2D eigenvalue weighted by Gasteiger charge is 2.13. The van der Waals surface area contributed by atoms with Crippen LogP contribution < -0.4 is 4.90 Å². The predicted molar refractivity (Wildman–Crippen MR) is 70.6 cm³/mol. The molecule has 0 aliphatic heterocycles. The van der Waals surface area contributed by atoms with Gasteiger partial charge in [0, 0.05) is 13.6 Å². The lowest BCUT2D eigenvalue weighted by molar-refractivity contribution is 0.0691. The fourth-order valence-corrected chi connectivity index (χ4v) is 1.52. The fraction of sp³-hybridized carbons (Fsp3) is 0.500. The standard InChI is InChI=1S/C12H17ClN2O3/c1-8(2)18-7-6-15(3)10-5-4-9(13)11(14-10)12(16)17/h4-5,8H,6-7H2,1-3H3,(H,16,17). The van der Waals surface area contributed by atoms with Crippen LogP contribution in [0.2, 0.25) is 5.02 Å². The zero-order chi connectivity index (χ0) is 13.7. The number of likely N-dealkylation sites (N-methyl/N-ethyl adjacent to an activating group) is 1. The summed E-state index contributed by atoms with van der Waals surface area (Å²) in [5.74, 6) is -0.571. The summed E-state index contributed by atoms with van der Waals surface area (Å²) in [4.78, 5) is 16.7. The third kappa shape index (κ3) is 4.16. The number of ether oxygens (including phenoxy) is 1. The second-order valence-corrected chi connectivity index (χ2v) is 4.55. The Kier molecular flexibility index (Phi) is 5.37. The van der Waals surface area contributed by atoms with Gasteiger partial charge >= 0.3 is 5.97 Å². The molecule has 0 spiro atoms. The molecule has 1 N–H and O–H groups in total. The molecule has 1 aromatic rings. The molecule has 0 atom stereocenters. The van der Waals surface area contributed by atoms with E-state index in [1.54, 1.807) is 6.07 Å². The van der Waals surface area contributed by atoms with Crippen molar-refractivity contribution in [3.05, 3.63) is 22.8 Å². The lowest BCUT2D eigenvalue weighted by Crippen LogP contribution is -2.25. The summed E-state index contributed by atoms with van der Waals surface area (Å²) in [5, 5.41) is 9.07. The first kappa shape index (κ1) is 14.7. The van der Waals surface area contributed by atoms with Crippen LogP contribution in [0.3, 0.4) is 0 Å². The van der Waals surface area contributed by atoms with Crippen LogP contribution in [-0.2, 0) is 4.74 Å². The van der Waals surface area contributed by atoms with Crippen molar-refractivity contribution in [1.29, 1.82) is 0 Å². The highest BCUT2D eigenvalue weighted by Crippen LogP contribution is 2.18. The Hall–Kier alpha value is -1.33. The van der Waals surface area contributed by atoms with Crippen LogP contribution in [0.1, 0.15) is 24.3 Å². The van der Waals surface area contributed by atoms with Gasteiger partial charge in [0.2, 0.25) is 0 Å². The molecule has 6 heteroatoms. The van der Waals surface area contributed by atoms with E-state index in [0.29, 0.717) is 19.0 Å². The molecule has 0 saturated carbocycles. The Morgan fingerprint density at radius 1 is 1.56 bits per heavy atom. The minimum atomic E-state index is -1.13. The van der Waals surface area contributed by atoms with Gasteiger partial charge in [-0.1, -0.05) is 11.6 Å². The van der Waals surface area contributed by atoms with Gasteiger partial charge in [-0.25, -0.2) is 9.78 Å². The number of nitrogens with zero attached hydrogens (tertiary/aromatic N) is 2. The quantitative estimate of drug-likeness (QED) is 0.861. The van der Waals surface area contributed by atoms with Gasteiger partial charge in [-0.15, -0.1) is 0 Å². The summed E-state index contributed by atoms with van der Waals surface area (Å²) in [6.07, 6.45) is 0.172. The third-order valence-electron chi connectivity index (χ3n) is 2.30. The highest BCUT2D eigenvalue weighted by atomic mass is 35.5. The Morgan fingerprint density at radius 3 is 2.78 bits per heavy atom. The molecule has 0 unspecified atom stereocenters. The van der Waals surface area contributed by atoms with Crippen LogP contribution in [0, 0.1) is 0 Å². The zero-order valence-corrected chi connectivity index (χ0v) is 11.4. The van der Waals surface area contributed by atoms with Gasteiger partial charge in [0.05, 0.1) is 17.7 Å². The van der Waals surface area contributed by atoms with E-state index in [4.69, 9.17) is 21.4 Å². The van der Waals surface area contributed by atoms with Crippen LogP contribution in [0.5, 0.6) is 0 Å². The molecule has 1 heterocycles. The van der Waals surface area contributed by atoms with Crippen molar-refractivity contribution in [2.24, 2.45) is 0 Å². The smallest absolute Gasteiger partial charge is 0.356 e. The SMILES string of the molecule is CC(C)OCCN(C)c1ccc(Cl)c(C(=O)O)n1. The first-order chi connectivity index (χ1) is 8.41. The molecule has 0 fully saturated rings. The molecule has 0 aliphatic rings. The summed E-state index contributed by atoms with van der Waals surface area (Å²) >= 11 is 5.76. The average molecular weight is 273 g/mol. The van der Waals surface area contributed by atoms with Crippen LogP contribution >= 0.6 is 11.6 Å². The van der Waals surface area contributed by atoms with Crippen molar-refractivity contribution in [2.45, 2.75) is 20.0 Å². The molecule has 0 saturated heterocycles. The molecule has 0 aliphatic carbocycles. The molecular formula is C12H17ClN2O3. The number of carbonyl (C=O) groups is 1. The molecule has 18 heavy (non-hydrogen) atoms. The number of carboxylic acid groups (broad SMARTS) is 1. The number of hydrogen-bond donors (Lipinski definition) is 1. The molecule has 0 aromatic carbocycles. The van der Waals surface area contributed by atoms with E-state index in [1.807, 2.05) is 25.8 Å². The van der Waals surface area contributed by atoms with E-state index in [-0.39, 0.29) is 16.8 Å². The van der Waals surface area contributed by atoms with Crippen molar-refractivity contribution in [2.75, 3.05) is 25.1 Å². The van der Waals surface area contributed by atoms with Crippen LogP contribution in [0.15, 0.2) is 12.1 Å². The highest BCUT2D eigenvalue weighted by molar-refractivity contribution is 6.33. The van der Waals surface area contributed by atoms with E-state index >= 15 is 0 Å². The Balaban J connectivity index is 2.71. The number of hydrogen-bond acceptors (Lipinski definition) is 4. The monoisotopic (exact) mass is 272 g/mol. The molecule has 1 rings (SSSR count). The summed E-state index contributed by atoms with van der Waals surface area (Å²) in [5.41, 5.74) is -0.134. The van der Waals surface area contributed by atoms with Gasteiger partial charge in [-0.05, 0) is 26.0 Å². The van der Waals surface area contributed by atoms with Crippen molar-refractivity contribution in [3.63, 3.8) is 0 Å². The number of carboxylic acids is 1. The molecular weight excluding hydrogens is 256 g/mol. The topological polar surface area (TPSA) is 62.7 Å². The molecule has 5 nitrogen and oxygen atoms in total. The van der Waals surface area contributed by atoms with Gasteiger partial charge in [-0.3, -0.25) is 0 Å². The predicted octanol–water partition coefficient (Wildman–Crippen LogP) is 2.29. The molecule has 1 aromatic heterocycles. The van der Waals surface area contributed by atoms with Gasteiger partial charge in [0.1, 0.15) is 5.82 Å². The van der Waals surface area contributed by atoms with E-state index in [1.165, 1.54) is 6.07 Å². The van der Waals surface area contributed by atoms with Gasteiger partial charge < -0.3 is 14.7 Å². The lowest BCUT2D eigenvalue weighted by Gasteiger charge is -2.19. The number of aromatic nitrogens is 1. The summed E-state index contributed by atoms with van der Waals surface area (Å²) in [7, 11) is 1.82. The maximum absolute atomic E-state index is 10.9. The molecule has 0 radical (unpaired) electrons. The fourth-order valence-electron chi connectivity index (χ4n) is 1.33. The number of anilines is 1. The first-order valence-electron chi connectivity index (χ1n) is 5.64.